The zero-order chi connectivity index (χ0) is 14.3. The summed E-state index contributed by atoms with van der Waals surface area (Å²) in [4.78, 5) is 11.8. The molecule has 0 aromatic heterocycles. The van der Waals surface area contributed by atoms with E-state index in [0.29, 0.717) is 18.9 Å². The van der Waals surface area contributed by atoms with Crippen LogP contribution in [0.25, 0.3) is 0 Å². The SMILES string of the molecule is CCCC(Oc1ccc(C(C)C)cc1)C(=O)OCC. The van der Waals surface area contributed by atoms with E-state index in [1.165, 1.54) is 5.56 Å². The molecule has 0 amide bonds. The van der Waals surface area contributed by atoms with Gasteiger partial charge in [0, 0.05) is 0 Å². The van der Waals surface area contributed by atoms with Crippen LogP contribution >= 0.6 is 0 Å². The van der Waals surface area contributed by atoms with Crippen molar-refractivity contribution in [2.24, 2.45) is 0 Å². The fourth-order valence-electron chi connectivity index (χ4n) is 1.82. The van der Waals surface area contributed by atoms with Gasteiger partial charge >= 0.3 is 5.97 Å². The van der Waals surface area contributed by atoms with Crippen molar-refractivity contribution in [1.29, 1.82) is 0 Å². The number of rotatable bonds is 7. The first-order chi connectivity index (χ1) is 9.08. The number of hydrogen-bond acceptors (Lipinski definition) is 3. The molecule has 1 atom stereocenters. The summed E-state index contributed by atoms with van der Waals surface area (Å²) in [6.07, 6.45) is 1.05. The van der Waals surface area contributed by atoms with Crippen molar-refractivity contribution in [2.45, 2.75) is 52.6 Å². The molecular formula is C16H24O3. The fraction of sp³-hybridized carbons (Fsp3) is 0.562. The summed E-state index contributed by atoms with van der Waals surface area (Å²) in [5.74, 6) is 0.929. The van der Waals surface area contributed by atoms with Crippen molar-refractivity contribution in [3.8, 4) is 5.75 Å². The second-order valence-electron chi connectivity index (χ2n) is 4.87. The van der Waals surface area contributed by atoms with E-state index in [4.69, 9.17) is 9.47 Å². The van der Waals surface area contributed by atoms with Gasteiger partial charge < -0.3 is 9.47 Å². The van der Waals surface area contributed by atoms with Crippen LogP contribution in [-0.2, 0) is 9.53 Å². The molecule has 0 aliphatic carbocycles. The molecule has 1 unspecified atom stereocenters. The average Bonchev–Trinajstić information content (AvgIpc) is 2.39. The summed E-state index contributed by atoms with van der Waals surface area (Å²) in [6.45, 7) is 8.51. The molecule has 1 rings (SSSR count). The standard InChI is InChI=1S/C16H24O3/c1-5-7-15(16(17)18-6-2)19-14-10-8-13(9-11-14)12(3)4/h8-12,15H,5-7H2,1-4H3. The van der Waals surface area contributed by atoms with Gasteiger partial charge in [-0.15, -0.1) is 0 Å². The van der Waals surface area contributed by atoms with Gasteiger partial charge in [0.05, 0.1) is 6.61 Å². The van der Waals surface area contributed by atoms with E-state index >= 15 is 0 Å². The van der Waals surface area contributed by atoms with Crippen LogP contribution < -0.4 is 4.74 Å². The molecule has 0 aliphatic rings. The van der Waals surface area contributed by atoms with Crippen LogP contribution in [0.15, 0.2) is 24.3 Å². The monoisotopic (exact) mass is 264 g/mol. The highest BCUT2D eigenvalue weighted by molar-refractivity contribution is 5.75. The Morgan fingerprint density at radius 1 is 1.16 bits per heavy atom. The topological polar surface area (TPSA) is 35.5 Å². The first kappa shape index (κ1) is 15.5. The predicted molar refractivity (Wildman–Crippen MR) is 76.5 cm³/mol. The molecule has 1 aromatic rings. The largest absolute Gasteiger partial charge is 0.479 e. The molecule has 19 heavy (non-hydrogen) atoms. The van der Waals surface area contributed by atoms with E-state index in [9.17, 15) is 4.79 Å². The fourth-order valence-corrected chi connectivity index (χ4v) is 1.82. The minimum atomic E-state index is -0.505. The highest BCUT2D eigenvalue weighted by Gasteiger charge is 2.20. The molecule has 0 saturated heterocycles. The lowest BCUT2D eigenvalue weighted by atomic mass is 10.0. The van der Waals surface area contributed by atoms with Crippen molar-refractivity contribution in [3.05, 3.63) is 29.8 Å². The summed E-state index contributed by atoms with van der Waals surface area (Å²) in [7, 11) is 0. The Bertz CT molecular complexity index is 381. The van der Waals surface area contributed by atoms with E-state index in [0.717, 1.165) is 12.2 Å². The van der Waals surface area contributed by atoms with Crippen molar-refractivity contribution in [1.82, 2.24) is 0 Å². The molecular weight excluding hydrogens is 240 g/mol. The lowest BCUT2D eigenvalue weighted by molar-refractivity contribution is -0.151. The Labute approximate surface area is 115 Å². The highest BCUT2D eigenvalue weighted by atomic mass is 16.6. The summed E-state index contributed by atoms with van der Waals surface area (Å²) < 4.78 is 10.8. The van der Waals surface area contributed by atoms with Gasteiger partial charge in [0.15, 0.2) is 6.10 Å². The smallest absolute Gasteiger partial charge is 0.347 e. The number of carbonyl (C=O) groups excluding carboxylic acids is 1. The van der Waals surface area contributed by atoms with Crippen molar-refractivity contribution in [3.63, 3.8) is 0 Å². The predicted octanol–water partition coefficient (Wildman–Crippen LogP) is 3.92. The Balaban J connectivity index is 2.70. The van der Waals surface area contributed by atoms with Crippen molar-refractivity contribution in [2.75, 3.05) is 6.61 Å². The molecule has 0 N–H and O–H groups in total. The Morgan fingerprint density at radius 2 is 1.79 bits per heavy atom. The lowest BCUT2D eigenvalue weighted by Gasteiger charge is -2.17. The van der Waals surface area contributed by atoms with Crippen LogP contribution in [0.1, 0.15) is 52.0 Å². The number of hydrogen-bond donors (Lipinski definition) is 0. The number of ether oxygens (including phenoxy) is 2. The maximum atomic E-state index is 11.8. The third-order valence-corrected chi connectivity index (χ3v) is 2.93. The van der Waals surface area contributed by atoms with Crippen LogP contribution in [0.4, 0.5) is 0 Å². The van der Waals surface area contributed by atoms with Gasteiger partial charge in [0.1, 0.15) is 5.75 Å². The second kappa shape index (κ2) is 7.82. The van der Waals surface area contributed by atoms with Gasteiger partial charge in [0.25, 0.3) is 0 Å². The molecule has 1 aromatic carbocycles. The van der Waals surface area contributed by atoms with Crippen LogP contribution in [0.2, 0.25) is 0 Å². The van der Waals surface area contributed by atoms with E-state index in [2.05, 4.69) is 13.8 Å². The molecule has 0 aliphatic heterocycles. The van der Waals surface area contributed by atoms with Gasteiger partial charge in [0.2, 0.25) is 0 Å². The third-order valence-electron chi connectivity index (χ3n) is 2.93. The van der Waals surface area contributed by atoms with E-state index in [-0.39, 0.29) is 5.97 Å². The van der Waals surface area contributed by atoms with Gasteiger partial charge in [-0.3, -0.25) is 0 Å². The average molecular weight is 264 g/mol. The summed E-state index contributed by atoms with van der Waals surface area (Å²) in [5, 5.41) is 0. The molecule has 0 fully saturated rings. The van der Waals surface area contributed by atoms with E-state index in [1.807, 2.05) is 31.2 Å². The molecule has 0 bridgehead atoms. The summed E-state index contributed by atoms with van der Waals surface area (Å²) >= 11 is 0. The molecule has 0 radical (unpaired) electrons. The Hall–Kier alpha value is -1.51. The minimum Gasteiger partial charge on any atom is -0.479 e. The molecule has 106 valence electrons. The molecule has 0 spiro atoms. The van der Waals surface area contributed by atoms with Gasteiger partial charge in [-0.2, -0.15) is 0 Å². The Morgan fingerprint density at radius 3 is 2.26 bits per heavy atom. The minimum absolute atomic E-state index is 0.280. The van der Waals surface area contributed by atoms with Gasteiger partial charge in [-0.1, -0.05) is 39.3 Å². The normalized spacial score (nSPS) is 12.3. The summed E-state index contributed by atoms with van der Waals surface area (Å²) in [6, 6.07) is 7.90. The van der Waals surface area contributed by atoms with E-state index < -0.39 is 6.10 Å². The molecule has 3 nitrogen and oxygen atoms in total. The van der Waals surface area contributed by atoms with Gasteiger partial charge in [-0.25, -0.2) is 4.79 Å². The molecule has 0 saturated carbocycles. The highest BCUT2D eigenvalue weighted by Crippen LogP contribution is 2.20. The maximum Gasteiger partial charge on any atom is 0.347 e. The number of esters is 1. The van der Waals surface area contributed by atoms with Crippen molar-refractivity contribution >= 4 is 5.97 Å². The van der Waals surface area contributed by atoms with Crippen LogP contribution in [0, 0.1) is 0 Å². The molecule has 0 heterocycles. The second-order valence-corrected chi connectivity index (χ2v) is 4.87. The quantitative estimate of drug-likeness (QED) is 0.700. The van der Waals surface area contributed by atoms with Crippen LogP contribution in [0.5, 0.6) is 5.75 Å². The lowest BCUT2D eigenvalue weighted by Crippen LogP contribution is -2.29. The third kappa shape index (κ3) is 4.93. The Kier molecular flexibility index (Phi) is 6.40. The van der Waals surface area contributed by atoms with E-state index in [1.54, 1.807) is 6.92 Å². The maximum absolute atomic E-state index is 11.8. The zero-order valence-corrected chi connectivity index (χ0v) is 12.3. The molecule has 3 heteroatoms. The zero-order valence-electron chi connectivity index (χ0n) is 12.3. The first-order valence-corrected chi connectivity index (χ1v) is 7.01. The number of benzene rings is 1. The first-order valence-electron chi connectivity index (χ1n) is 7.01. The van der Waals surface area contributed by atoms with Crippen molar-refractivity contribution < 1.29 is 14.3 Å². The van der Waals surface area contributed by atoms with Crippen LogP contribution in [-0.4, -0.2) is 18.7 Å². The summed E-state index contributed by atoms with van der Waals surface area (Å²) in [5.41, 5.74) is 1.26. The number of carbonyl (C=O) groups is 1. The van der Waals surface area contributed by atoms with Crippen LogP contribution in [0.3, 0.4) is 0 Å². The van der Waals surface area contributed by atoms with Gasteiger partial charge in [-0.05, 0) is 37.0 Å².